The van der Waals surface area contributed by atoms with Crippen molar-refractivity contribution >= 4 is 5.91 Å². The summed E-state index contributed by atoms with van der Waals surface area (Å²) >= 11 is 0. The number of ether oxygens (including phenoxy) is 2. The minimum absolute atomic E-state index is 0.226. The molecule has 5 heteroatoms. The first kappa shape index (κ1) is 16.8. The normalized spacial score (nSPS) is 10.3. The molecule has 0 radical (unpaired) electrons. The first-order chi connectivity index (χ1) is 11.0. The fourth-order valence-corrected chi connectivity index (χ4v) is 2.19. The van der Waals surface area contributed by atoms with E-state index in [0.29, 0.717) is 35.8 Å². The lowest BCUT2D eigenvalue weighted by Crippen LogP contribution is -2.22. The summed E-state index contributed by atoms with van der Waals surface area (Å²) in [6.07, 6.45) is 0. The lowest BCUT2D eigenvalue weighted by Gasteiger charge is -2.11. The zero-order valence-corrected chi connectivity index (χ0v) is 13.5. The van der Waals surface area contributed by atoms with Crippen LogP contribution in [0.25, 0.3) is 0 Å². The van der Waals surface area contributed by atoms with Crippen LogP contribution in [0.2, 0.25) is 0 Å². The molecule has 0 heterocycles. The fourth-order valence-electron chi connectivity index (χ4n) is 2.19. The van der Waals surface area contributed by atoms with Gasteiger partial charge in [0, 0.05) is 12.1 Å². The second kappa shape index (κ2) is 7.63. The molecule has 0 spiro atoms. The van der Waals surface area contributed by atoms with Crippen LogP contribution in [0.1, 0.15) is 28.4 Å². The van der Waals surface area contributed by atoms with E-state index in [-0.39, 0.29) is 11.7 Å². The molecule has 0 aliphatic rings. The van der Waals surface area contributed by atoms with E-state index in [2.05, 4.69) is 5.32 Å². The Bertz CT molecular complexity index is 701. The Balaban J connectivity index is 2.08. The summed E-state index contributed by atoms with van der Waals surface area (Å²) in [4.78, 5) is 12.2. The molecular formula is C18H20FNO3. The van der Waals surface area contributed by atoms with Gasteiger partial charge in [-0.3, -0.25) is 4.79 Å². The zero-order chi connectivity index (χ0) is 16.8. The predicted octanol–water partition coefficient (Wildman–Crippen LogP) is 3.47. The number of rotatable bonds is 6. The summed E-state index contributed by atoms with van der Waals surface area (Å²) < 4.78 is 23.9. The third-order valence-corrected chi connectivity index (χ3v) is 3.40. The van der Waals surface area contributed by atoms with Crippen molar-refractivity contribution in [1.29, 1.82) is 0 Å². The Morgan fingerprint density at radius 1 is 1.17 bits per heavy atom. The van der Waals surface area contributed by atoms with E-state index in [0.717, 1.165) is 5.56 Å². The van der Waals surface area contributed by atoms with Crippen molar-refractivity contribution in [3.8, 4) is 11.5 Å². The first-order valence-corrected chi connectivity index (χ1v) is 7.39. The van der Waals surface area contributed by atoms with Crippen molar-refractivity contribution in [2.45, 2.75) is 20.4 Å². The van der Waals surface area contributed by atoms with Crippen molar-refractivity contribution in [2.75, 3.05) is 13.7 Å². The number of hydrogen-bond donors (Lipinski definition) is 1. The number of hydrogen-bond acceptors (Lipinski definition) is 3. The van der Waals surface area contributed by atoms with Crippen LogP contribution in [0.3, 0.4) is 0 Å². The van der Waals surface area contributed by atoms with Crippen molar-refractivity contribution < 1.29 is 18.7 Å². The number of carbonyl (C=O) groups excluding carboxylic acids is 1. The molecule has 0 atom stereocenters. The van der Waals surface area contributed by atoms with Crippen LogP contribution in [0, 0.1) is 12.7 Å². The van der Waals surface area contributed by atoms with Gasteiger partial charge in [0.05, 0.1) is 13.7 Å². The van der Waals surface area contributed by atoms with E-state index in [9.17, 15) is 9.18 Å². The molecule has 0 aliphatic heterocycles. The van der Waals surface area contributed by atoms with Gasteiger partial charge < -0.3 is 14.8 Å². The lowest BCUT2D eigenvalue weighted by atomic mass is 10.1. The molecule has 0 fully saturated rings. The number of benzene rings is 2. The van der Waals surface area contributed by atoms with Gasteiger partial charge in [-0.1, -0.05) is 12.1 Å². The highest BCUT2D eigenvalue weighted by molar-refractivity contribution is 5.94. The monoisotopic (exact) mass is 317 g/mol. The summed E-state index contributed by atoms with van der Waals surface area (Å²) in [5.74, 6) is 0.630. The van der Waals surface area contributed by atoms with Crippen LogP contribution < -0.4 is 14.8 Å². The van der Waals surface area contributed by atoms with Gasteiger partial charge in [0.25, 0.3) is 5.91 Å². The minimum atomic E-state index is -0.253. The molecule has 0 saturated heterocycles. The third kappa shape index (κ3) is 4.22. The molecule has 2 aromatic carbocycles. The molecular weight excluding hydrogens is 297 g/mol. The van der Waals surface area contributed by atoms with Crippen LogP contribution >= 0.6 is 0 Å². The molecule has 0 aromatic heterocycles. The van der Waals surface area contributed by atoms with Gasteiger partial charge in [-0.2, -0.15) is 0 Å². The average Bonchev–Trinajstić information content (AvgIpc) is 2.56. The van der Waals surface area contributed by atoms with Gasteiger partial charge in [-0.25, -0.2) is 4.39 Å². The summed E-state index contributed by atoms with van der Waals surface area (Å²) in [5.41, 5.74) is 1.88. The van der Waals surface area contributed by atoms with Crippen LogP contribution in [-0.2, 0) is 6.54 Å². The summed E-state index contributed by atoms with van der Waals surface area (Å²) in [7, 11) is 1.55. The lowest BCUT2D eigenvalue weighted by molar-refractivity contribution is 0.0950. The highest BCUT2D eigenvalue weighted by Crippen LogP contribution is 2.28. The average molecular weight is 317 g/mol. The highest BCUT2D eigenvalue weighted by atomic mass is 19.1. The van der Waals surface area contributed by atoms with Crippen molar-refractivity contribution in [2.24, 2.45) is 0 Å². The molecule has 2 rings (SSSR count). The van der Waals surface area contributed by atoms with E-state index >= 15 is 0 Å². The van der Waals surface area contributed by atoms with Gasteiger partial charge in [-0.15, -0.1) is 0 Å². The van der Waals surface area contributed by atoms with E-state index in [1.165, 1.54) is 6.07 Å². The van der Waals surface area contributed by atoms with Crippen LogP contribution in [-0.4, -0.2) is 19.6 Å². The summed E-state index contributed by atoms with van der Waals surface area (Å²) in [5, 5.41) is 2.81. The number of methoxy groups -OCH3 is 1. The molecule has 2 aromatic rings. The van der Waals surface area contributed by atoms with Gasteiger partial charge in [0.15, 0.2) is 11.5 Å². The molecule has 122 valence electrons. The Kier molecular flexibility index (Phi) is 5.57. The molecule has 0 unspecified atom stereocenters. The minimum Gasteiger partial charge on any atom is -0.493 e. The smallest absolute Gasteiger partial charge is 0.251 e. The quantitative estimate of drug-likeness (QED) is 0.887. The molecule has 1 amide bonds. The number of carbonyl (C=O) groups is 1. The number of amides is 1. The van der Waals surface area contributed by atoms with Crippen LogP contribution in [0.4, 0.5) is 4.39 Å². The van der Waals surface area contributed by atoms with Crippen molar-refractivity contribution in [3.63, 3.8) is 0 Å². The first-order valence-electron chi connectivity index (χ1n) is 7.39. The van der Waals surface area contributed by atoms with Gasteiger partial charge in [-0.05, 0) is 49.2 Å². The standard InChI is InChI=1S/C18H20FNO3/c1-4-23-17-10-14(6-8-16(17)22-3)18(21)20-11-13-5-7-15(19)12(2)9-13/h5-10H,4,11H2,1-3H3,(H,20,21). The largest absolute Gasteiger partial charge is 0.493 e. The summed E-state index contributed by atoms with van der Waals surface area (Å²) in [6, 6.07) is 9.79. The second-order valence-electron chi connectivity index (χ2n) is 5.06. The van der Waals surface area contributed by atoms with E-state index in [1.807, 2.05) is 6.92 Å². The topological polar surface area (TPSA) is 47.6 Å². The maximum absolute atomic E-state index is 13.2. The molecule has 0 saturated carbocycles. The molecule has 4 nitrogen and oxygen atoms in total. The molecule has 0 bridgehead atoms. The highest BCUT2D eigenvalue weighted by Gasteiger charge is 2.11. The molecule has 23 heavy (non-hydrogen) atoms. The number of halogens is 1. The molecule has 0 aliphatic carbocycles. The fraction of sp³-hybridized carbons (Fsp3) is 0.278. The third-order valence-electron chi connectivity index (χ3n) is 3.40. The van der Waals surface area contributed by atoms with Crippen molar-refractivity contribution in [3.05, 3.63) is 58.9 Å². The van der Waals surface area contributed by atoms with Gasteiger partial charge >= 0.3 is 0 Å². The van der Waals surface area contributed by atoms with E-state index in [1.54, 1.807) is 44.4 Å². The van der Waals surface area contributed by atoms with Crippen LogP contribution in [0.5, 0.6) is 11.5 Å². The Hall–Kier alpha value is -2.56. The second-order valence-corrected chi connectivity index (χ2v) is 5.06. The Morgan fingerprint density at radius 2 is 1.96 bits per heavy atom. The molecule has 1 N–H and O–H groups in total. The van der Waals surface area contributed by atoms with Gasteiger partial charge in [0.1, 0.15) is 5.82 Å². The van der Waals surface area contributed by atoms with E-state index < -0.39 is 0 Å². The Morgan fingerprint density at radius 3 is 2.61 bits per heavy atom. The number of nitrogens with one attached hydrogen (secondary N) is 1. The Labute approximate surface area is 135 Å². The zero-order valence-electron chi connectivity index (χ0n) is 13.5. The predicted molar refractivity (Wildman–Crippen MR) is 86.5 cm³/mol. The SMILES string of the molecule is CCOc1cc(C(=O)NCc2ccc(F)c(C)c2)ccc1OC. The maximum Gasteiger partial charge on any atom is 0.251 e. The van der Waals surface area contributed by atoms with Crippen LogP contribution in [0.15, 0.2) is 36.4 Å². The maximum atomic E-state index is 13.2. The van der Waals surface area contributed by atoms with Gasteiger partial charge in [0.2, 0.25) is 0 Å². The number of aryl methyl sites for hydroxylation is 1. The van der Waals surface area contributed by atoms with Crippen molar-refractivity contribution in [1.82, 2.24) is 5.32 Å². The van der Waals surface area contributed by atoms with E-state index in [4.69, 9.17) is 9.47 Å². The summed E-state index contributed by atoms with van der Waals surface area (Å²) in [6.45, 7) is 4.37.